The molecule has 1 atom stereocenters. The van der Waals surface area contributed by atoms with Gasteiger partial charge in [-0.3, -0.25) is 9.69 Å². The lowest BCUT2D eigenvalue weighted by atomic mass is 9.93. The maximum atomic E-state index is 12.9. The molecule has 0 unspecified atom stereocenters. The summed E-state index contributed by atoms with van der Waals surface area (Å²) in [7, 11) is 0. The van der Waals surface area contributed by atoms with E-state index < -0.39 is 0 Å². The van der Waals surface area contributed by atoms with Crippen molar-refractivity contribution >= 4 is 28.6 Å². The molecule has 1 saturated heterocycles. The van der Waals surface area contributed by atoms with Gasteiger partial charge in [0.1, 0.15) is 0 Å². The van der Waals surface area contributed by atoms with Crippen LogP contribution in [0.5, 0.6) is 0 Å². The molecule has 0 bridgehead atoms. The van der Waals surface area contributed by atoms with E-state index >= 15 is 0 Å². The highest BCUT2D eigenvalue weighted by atomic mass is 32.1. The molecule has 0 radical (unpaired) electrons. The number of hydrogen-bond donors (Lipinski definition) is 1. The number of rotatable bonds is 5. The van der Waals surface area contributed by atoms with Gasteiger partial charge in [-0.15, -0.1) is 11.3 Å². The molecule has 30 heavy (non-hydrogen) atoms. The van der Waals surface area contributed by atoms with Crippen molar-refractivity contribution in [1.82, 2.24) is 4.90 Å². The van der Waals surface area contributed by atoms with E-state index in [1.165, 1.54) is 34.5 Å². The van der Waals surface area contributed by atoms with Gasteiger partial charge in [0, 0.05) is 35.9 Å². The molecule has 0 spiro atoms. The first-order valence-corrected chi connectivity index (χ1v) is 11.7. The van der Waals surface area contributed by atoms with Crippen LogP contribution in [-0.2, 0) is 11.2 Å². The third-order valence-corrected chi connectivity index (χ3v) is 7.15. The number of carbonyl (C=O) groups excluding carboxylic acids is 1. The van der Waals surface area contributed by atoms with Gasteiger partial charge in [-0.05, 0) is 66.1 Å². The van der Waals surface area contributed by atoms with E-state index in [0.717, 1.165) is 31.7 Å². The normalized spacial score (nSPS) is 18.9. The fourth-order valence-corrected chi connectivity index (χ4v) is 5.58. The van der Waals surface area contributed by atoms with Crippen molar-refractivity contribution in [3.8, 4) is 0 Å². The number of nitrogens with zero attached hydrogens (tertiary/aromatic N) is 2. The number of fused-ring (bicyclic) bond motifs is 1. The minimum Gasteiger partial charge on any atom is -0.372 e. The summed E-state index contributed by atoms with van der Waals surface area (Å²) < 4.78 is 0. The zero-order valence-electron chi connectivity index (χ0n) is 17.1. The fourth-order valence-electron chi connectivity index (χ4n) is 4.68. The Morgan fingerprint density at radius 3 is 2.50 bits per heavy atom. The molecule has 2 aliphatic rings. The number of hydrogen-bond acceptors (Lipinski definition) is 4. The predicted molar refractivity (Wildman–Crippen MR) is 124 cm³/mol. The summed E-state index contributed by atoms with van der Waals surface area (Å²) in [6.07, 6.45) is 3.54. The second kappa shape index (κ2) is 8.62. The second-order valence-electron chi connectivity index (χ2n) is 8.12. The van der Waals surface area contributed by atoms with Crippen molar-refractivity contribution in [2.45, 2.75) is 25.3 Å². The minimum atomic E-state index is 0.0449. The average molecular weight is 418 g/mol. The average Bonchev–Trinajstić information content (AvgIpc) is 3.47. The smallest absolute Gasteiger partial charge is 0.238 e. The molecule has 4 nitrogen and oxygen atoms in total. The number of anilines is 2. The maximum Gasteiger partial charge on any atom is 0.238 e. The topological polar surface area (TPSA) is 35.6 Å². The Morgan fingerprint density at radius 2 is 1.73 bits per heavy atom. The molecule has 5 heteroatoms. The van der Waals surface area contributed by atoms with Crippen LogP contribution in [0.1, 0.15) is 34.9 Å². The summed E-state index contributed by atoms with van der Waals surface area (Å²) in [6.45, 7) is 3.55. The van der Waals surface area contributed by atoms with E-state index in [2.05, 4.69) is 63.0 Å². The third-order valence-electron chi connectivity index (χ3n) is 6.15. The molecule has 1 N–H and O–H groups in total. The van der Waals surface area contributed by atoms with Crippen LogP contribution in [-0.4, -0.2) is 37.0 Å². The fraction of sp³-hybridized carbons (Fsp3) is 0.320. The minimum absolute atomic E-state index is 0.0449. The molecule has 0 saturated carbocycles. The highest BCUT2D eigenvalue weighted by molar-refractivity contribution is 7.10. The van der Waals surface area contributed by atoms with Crippen molar-refractivity contribution in [2.24, 2.45) is 0 Å². The van der Waals surface area contributed by atoms with E-state index in [-0.39, 0.29) is 11.9 Å². The molecular weight excluding hydrogens is 390 g/mol. The van der Waals surface area contributed by atoms with Crippen LogP contribution in [0.25, 0.3) is 0 Å². The number of amides is 1. The van der Waals surface area contributed by atoms with Gasteiger partial charge >= 0.3 is 0 Å². The summed E-state index contributed by atoms with van der Waals surface area (Å²) in [6, 6.07) is 21.2. The molecule has 3 heterocycles. The molecule has 1 fully saturated rings. The van der Waals surface area contributed by atoms with E-state index in [9.17, 15) is 4.79 Å². The van der Waals surface area contributed by atoms with Crippen molar-refractivity contribution < 1.29 is 4.79 Å². The molecule has 1 aromatic heterocycles. The zero-order valence-corrected chi connectivity index (χ0v) is 17.9. The van der Waals surface area contributed by atoms with E-state index in [1.54, 1.807) is 0 Å². The summed E-state index contributed by atoms with van der Waals surface area (Å²) in [4.78, 5) is 19.0. The Balaban J connectivity index is 1.29. The van der Waals surface area contributed by atoms with E-state index in [4.69, 9.17) is 0 Å². The highest BCUT2D eigenvalue weighted by Crippen LogP contribution is 2.37. The molecule has 1 amide bonds. The molecule has 2 aromatic carbocycles. The van der Waals surface area contributed by atoms with Crippen molar-refractivity contribution in [2.75, 3.05) is 36.4 Å². The molecule has 0 aliphatic carbocycles. The van der Waals surface area contributed by atoms with E-state index in [0.29, 0.717) is 6.54 Å². The van der Waals surface area contributed by atoms with Crippen molar-refractivity contribution in [1.29, 1.82) is 0 Å². The molecular formula is C25H27N3OS. The summed E-state index contributed by atoms with van der Waals surface area (Å²) in [5.41, 5.74) is 4.71. The predicted octanol–water partition coefficient (Wildman–Crippen LogP) is 4.93. The van der Waals surface area contributed by atoms with Gasteiger partial charge in [-0.2, -0.15) is 0 Å². The van der Waals surface area contributed by atoms with Crippen LogP contribution in [0.4, 0.5) is 11.4 Å². The Hall–Kier alpha value is -2.63. The first-order chi connectivity index (χ1) is 14.8. The molecule has 2 aliphatic heterocycles. The number of nitrogens with one attached hydrogen (secondary N) is 1. The second-order valence-corrected chi connectivity index (χ2v) is 9.12. The number of benzene rings is 2. The monoisotopic (exact) mass is 417 g/mol. The van der Waals surface area contributed by atoms with Gasteiger partial charge in [0.2, 0.25) is 5.91 Å². The number of carbonyl (C=O) groups is 1. The van der Waals surface area contributed by atoms with Gasteiger partial charge < -0.3 is 10.2 Å². The van der Waals surface area contributed by atoms with Gasteiger partial charge in [0.15, 0.2) is 0 Å². The first-order valence-electron chi connectivity index (χ1n) is 10.8. The van der Waals surface area contributed by atoms with Gasteiger partial charge in [0.25, 0.3) is 0 Å². The lowest BCUT2D eigenvalue weighted by Crippen LogP contribution is -2.40. The highest BCUT2D eigenvalue weighted by Gasteiger charge is 2.30. The van der Waals surface area contributed by atoms with Crippen molar-refractivity contribution in [3.63, 3.8) is 0 Å². The lowest BCUT2D eigenvalue weighted by Gasteiger charge is -2.35. The Labute approximate surface area is 182 Å². The quantitative estimate of drug-likeness (QED) is 0.639. The summed E-state index contributed by atoms with van der Waals surface area (Å²) >= 11 is 1.83. The van der Waals surface area contributed by atoms with Gasteiger partial charge in [-0.1, -0.05) is 30.3 Å². The molecule has 5 rings (SSSR count). The van der Waals surface area contributed by atoms with Gasteiger partial charge in [0.05, 0.1) is 12.6 Å². The van der Waals surface area contributed by atoms with E-state index in [1.807, 2.05) is 29.5 Å². The Morgan fingerprint density at radius 1 is 0.967 bits per heavy atom. The summed E-state index contributed by atoms with van der Waals surface area (Å²) in [5, 5.41) is 5.27. The first kappa shape index (κ1) is 19.3. The molecule has 3 aromatic rings. The summed E-state index contributed by atoms with van der Waals surface area (Å²) in [5.74, 6) is 0.0449. The van der Waals surface area contributed by atoms with Crippen LogP contribution in [0.15, 0.2) is 66.0 Å². The third kappa shape index (κ3) is 4.00. The van der Waals surface area contributed by atoms with Crippen LogP contribution < -0.4 is 10.2 Å². The Bertz CT molecular complexity index is 993. The lowest BCUT2D eigenvalue weighted by molar-refractivity contribution is -0.117. The van der Waals surface area contributed by atoms with Crippen molar-refractivity contribution in [3.05, 3.63) is 82.0 Å². The number of thiophene rings is 1. The maximum absolute atomic E-state index is 12.9. The van der Waals surface area contributed by atoms with Crippen LogP contribution in [0.3, 0.4) is 0 Å². The van der Waals surface area contributed by atoms with Crippen LogP contribution >= 0.6 is 11.3 Å². The standard InChI is InChI=1S/C25H27N3OS/c29-24(26-20-8-10-21(11-9-20)27-14-4-5-15-27)18-28-16-12-23-22(13-17-30-23)25(28)19-6-2-1-3-7-19/h1-3,6-11,13,17,25H,4-5,12,14-16,18H2,(H,26,29)/t25-/m0/s1. The SMILES string of the molecule is O=C(CN1CCc2sccc2[C@@H]1c1ccccc1)Nc1ccc(N2CCCC2)cc1. The van der Waals surface area contributed by atoms with Crippen LogP contribution in [0.2, 0.25) is 0 Å². The van der Waals surface area contributed by atoms with Gasteiger partial charge in [-0.25, -0.2) is 0 Å². The largest absolute Gasteiger partial charge is 0.372 e. The molecule has 154 valence electrons. The zero-order chi connectivity index (χ0) is 20.3. The van der Waals surface area contributed by atoms with Crippen LogP contribution in [0, 0.1) is 0 Å². The Kier molecular flexibility index (Phi) is 5.56.